The molecule has 0 spiro atoms. The van der Waals surface area contributed by atoms with E-state index in [0.29, 0.717) is 42.7 Å². The Kier molecular flexibility index (Phi) is 4.92. The van der Waals surface area contributed by atoms with Gasteiger partial charge in [0.15, 0.2) is 0 Å². The van der Waals surface area contributed by atoms with Crippen LogP contribution in [-0.4, -0.2) is 46.4 Å². The zero-order valence-corrected chi connectivity index (χ0v) is 15.0. The summed E-state index contributed by atoms with van der Waals surface area (Å²) in [5, 5.41) is 4.87. The summed E-state index contributed by atoms with van der Waals surface area (Å²) in [4.78, 5) is 14.6. The van der Waals surface area contributed by atoms with Gasteiger partial charge in [0.25, 0.3) is 5.91 Å². The fourth-order valence-corrected chi connectivity index (χ4v) is 3.24. The van der Waals surface area contributed by atoms with Gasteiger partial charge in [-0.05, 0) is 26.3 Å². The molecule has 2 aromatic rings. The number of benzene rings is 1. The normalized spacial score (nSPS) is 18.0. The average Bonchev–Trinajstić information content (AvgIpc) is 2.83. The highest BCUT2D eigenvalue weighted by Crippen LogP contribution is 2.23. The summed E-state index contributed by atoms with van der Waals surface area (Å²) in [5.74, 6) is -0.0668. The van der Waals surface area contributed by atoms with Gasteiger partial charge in [0.1, 0.15) is 5.15 Å². The molecule has 1 saturated heterocycles. The zero-order valence-electron chi connectivity index (χ0n) is 14.3. The molecule has 6 heteroatoms. The molecule has 5 nitrogen and oxygen atoms in total. The van der Waals surface area contributed by atoms with Crippen LogP contribution in [0.4, 0.5) is 0 Å². The number of hydrogen-bond acceptors (Lipinski definition) is 3. The van der Waals surface area contributed by atoms with E-state index in [1.165, 1.54) is 5.56 Å². The first kappa shape index (κ1) is 17.0. The van der Waals surface area contributed by atoms with E-state index in [4.69, 9.17) is 16.3 Å². The summed E-state index contributed by atoms with van der Waals surface area (Å²) in [6.45, 7) is 8.12. The van der Waals surface area contributed by atoms with E-state index < -0.39 is 0 Å². The van der Waals surface area contributed by atoms with Crippen molar-refractivity contribution >= 4 is 17.5 Å². The molecular weight excluding hydrogens is 326 g/mol. The Morgan fingerprint density at radius 2 is 2.04 bits per heavy atom. The number of nitrogens with zero attached hydrogens (tertiary/aromatic N) is 3. The number of morpholine rings is 1. The molecule has 2 heterocycles. The molecule has 0 unspecified atom stereocenters. The molecule has 0 N–H and O–H groups in total. The number of carbonyl (C=O) groups is 1. The third kappa shape index (κ3) is 3.47. The number of halogens is 1. The second-order valence-corrected chi connectivity index (χ2v) is 6.69. The minimum Gasteiger partial charge on any atom is -0.375 e. The molecule has 1 amide bonds. The molecule has 0 bridgehead atoms. The molecule has 1 aromatic carbocycles. The van der Waals surface area contributed by atoms with Crippen molar-refractivity contribution in [3.63, 3.8) is 0 Å². The van der Waals surface area contributed by atoms with Crippen molar-refractivity contribution in [1.82, 2.24) is 14.7 Å². The lowest BCUT2D eigenvalue weighted by Crippen LogP contribution is -2.44. The van der Waals surface area contributed by atoms with Crippen LogP contribution in [0.5, 0.6) is 0 Å². The molecule has 0 aliphatic carbocycles. The third-order valence-corrected chi connectivity index (χ3v) is 4.64. The highest BCUT2D eigenvalue weighted by Gasteiger charge is 2.28. The van der Waals surface area contributed by atoms with Crippen LogP contribution in [0.1, 0.15) is 34.1 Å². The van der Waals surface area contributed by atoms with E-state index in [9.17, 15) is 4.79 Å². The van der Waals surface area contributed by atoms with Crippen LogP contribution < -0.4 is 0 Å². The summed E-state index contributed by atoms with van der Waals surface area (Å²) in [7, 11) is 0. The lowest BCUT2D eigenvalue weighted by Gasteiger charge is -2.31. The first-order chi connectivity index (χ1) is 11.5. The second kappa shape index (κ2) is 6.95. The number of rotatable bonds is 3. The van der Waals surface area contributed by atoms with E-state index in [1.54, 1.807) is 9.58 Å². The molecule has 1 atom stereocenters. The summed E-state index contributed by atoms with van der Waals surface area (Å²) in [6, 6.07) is 8.21. The Labute approximate surface area is 147 Å². The molecule has 3 rings (SSSR count). The highest BCUT2D eigenvalue weighted by atomic mass is 35.5. The summed E-state index contributed by atoms with van der Waals surface area (Å²) in [6.07, 6.45) is 0.0457. The van der Waals surface area contributed by atoms with E-state index >= 15 is 0 Å². The first-order valence-electron chi connectivity index (χ1n) is 8.15. The van der Waals surface area contributed by atoms with Crippen molar-refractivity contribution in [3.8, 4) is 0 Å². The van der Waals surface area contributed by atoms with Gasteiger partial charge in [0.05, 0.1) is 30.5 Å². The molecule has 24 heavy (non-hydrogen) atoms. The Bertz CT molecular complexity index is 739. The van der Waals surface area contributed by atoms with Crippen molar-refractivity contribution in [2.75, 3.05) is 19.7 Å². The summed E-state index contributed by atoms with van der Waals surface area (Å²) >= 11 is 6.48. The lowest BCUT2D eigenvalue weighted by molar-refractivity contribution is -0.0124. The van der Waals surface area contributed by atoms with Crippen molar-refractivity contribution in [2.45, 2.75) is 33.4 Å². The van der Waals surface area contributed by atoms with Crippen LogP contribution in [0.3, 0.4) is 0 Å². The molecule has 1 aliphatic heterocycles. The topological polar surface area (TPSA) is 47.4 Å². The fraction of sp³-hybridized carbons (Fsp3) is 0.444. The van der Waals surface area contributed by atoms with Gasteiger partial charge in [-0.15, -0.1) is 0 Å². The van der Waals surface area contributed by atoms with Crippen LogP contribution in [-0.2, 0) is 11.3 Å². The van der Waals surface area contributed by atoms with Gasteiger partial charge in [0.2, 0.25) is 0 Å². The Balaban J connectivity index is 1.83. The molecule has 128 valence electrons. The van der Waals surface area contributed by atoms with Crippen LogP contribution >= 0.6 is 11.6 Å². The van der Waals surface area contributed by atoms with Gasteiger partial charge >= 0.3 is 0 Å². The van der Waals surface area contributed by atoms with Crippen molar-refractivity contribution in [2.24, 2.45) is 0 Å². The van der Waals surface area contributed by atoms with E-state index in [2.05, 4.69) is 24.2 Å². The van der Waals surface area contributed by atoms with Gasteiger partial charge in [-0.1, -0.05) is 41.4 Å². The zero-order chi connectivity index (χ0) is 17.3. The number of carbonyl (C=O) groups excluding carboxylic acids is 1. The Morgan fingerprint density at radius 3 is 2.71 bits per heavy atom. The lowest BCUT2D eigenvalue weighted by atomic mass is 10.1. The predicted molar refractivity (Wildman–Crippen MR) is 93.6 cm³/mol. The van der Waals surface area contributed by atoms with E-state index in [1.807, 2.05) is 26.0 Å². The second-order valence-electron chi connectivity index (χ2n) is 6.33. The quantitative estimate of drug-likeness (QED) is 0.857. The number of amides is 1. The summed E-state index contributed by atoms with van der Waals surface area (Å²) in [5.41, 5.74) is 3.47. The summed E-state index contributed by atoms with van der Waals surface area (Å²) < 4.78 is 7.19. The maximum Gasteiger partial charge on any atom is 0.259 e. The highest BCUT2D eigenvalue weighted by molar-refractivity contribution is 6.33. The van der Waals surface area contributed by atoms with Crippen molar-refractivity contribution in [1.29, 1.82) is 0 Å². The van der Waals surface area contributed by atoms with Crippen LogP contribution in [0.2, 0.25) is 5.15 Å². The number of aromatic nitrogens is 2. The fourth-order valence-electron chi connectivity index (χ4n) is 2.93. The van der Waals surface area contributed by atoms with Gasteiger partial charge < -0.3 is 9.64 Å². The van der Waals surface area contributed by atoms with Crippen LogP contribution in [0.15, 0.2) is 24.3 Å². The smallest absolute Gasteiger partial charge is 0.259 e. The van der Waals surface area contributed by atoms with E-state index in [-0.39, 0.29) is 12.0 Å². The first-order valence-corrected chi connectivity index (χ1v) is 8.53. The third-order valence-electron chi connectivity index (χ3n) is 4.26. The van der Waals surface area contributed by atoms with Crippen LogP contribution in [0.25, 0.3) is 0 Å². The number of aryl methyl sites for hydroxylation is 2. The molecular formula is C18H22ClN3O2. The number of hydrogen-bond donors (Lipinski definition) is 0. The molecule has 0 radical (unpaired) electrons. The maximum absolute atomic E-state index is 12.8. The largest absolute Gasteiger partial charge is 0.375 e. The molecule has 1 aliphatic rings. The minimum atomic E-state index is -0.0668. The minimum absolute atomic E-state index is 0.0457. The Hall–Kier alpha value is -1.85. The van der Waals surface area contributed by atoms with Gasteiger partial charge in [-0.3, -0.25) is 4.79 Å². The molecule has 0 saturated carbocycles. The number of ether oxygens (including phenoxy) is 1. The molecule has 1 aromatic heterocycles. The van der Waals surface area contributed by atoms with Crippen molar-refractivity contribution in [3.05, 3.63) is 51.8 Å². The maximum atomic E-state index is 12.8. The standard InChI is InChI=1S/C18H22ClN3O2/c1-12-4-6-15(7-5-12)11-22-17(19)16(14(3)20-22)18(23)21-8-9-24-13(2)10-21/h4-7,13H,8-11H2,1-3H3/t13-/m1/s1. The molecule has 1 fully saturated rings. The monoisotopic (exact) mass is 347 g/mol. The van der Waals surface area contributed by atoms with Gasteiger partial charge in [-0.25, -0.2) is 4.68 Å². The van der Waals surface area contributed by atoms with E-state index in [0.717, 1.165) is 5.56 Å². The van der Waals surface area contributed by atoms with Gasteiger partial charge in [-0.2, -0.15) is 5.10 Å². The Morgan fingerprint density at radius 1 is 1.33 bits per heavy atom. The predicted octanol–water partition coefficient (Wildman–Crippen LogP) is 3.06. The van der Waals surface area contributed by atoms with Crippen LogP contribution in [0, 0.1) is 13.8 Å². The van der Waals surface area contributed by atoms with Gasteiger partial charge in [0, 0.05) is 13.1 Å². The average molecular weight is 348 g/mol. The SMILES string of the molecule is Cc1ccc(Cn2nc(C)c(C(=O)N3CCO[C@H](C)C3)c2Cl)cc1. The van der Waals surface area contributed by atoms with Crippen molar-refractivity contribution < 1.29 is 9.53 Å².